The van der Waals surface area contributed by atoms with Gasteiger partial charge >= 0.3 is 6.18 Å². The molecule has 0 aliphatic rings. The first-order chi connectivity index (χ1) is 7.33. The molecule has 0 aromatic carbocycles. The van der Waals surface area contributed by atoms with E-state index in [-0.39, 0.29) is 6.54 Å². The van der Waals surface area contributed by atoms with Crippen molar-refractivity contribution in [2.24, 2.45) is 5.73 Å². The van der Waals surface area contributed by atoms with E-state index in [0.717, 1.165) is 4.90 Å². The summed E-state index contributed by atoms with van der Waals surface area (Å²) in [5, 5.41) is 0. The van der Waals surface area contributed by atoms with E-state index in [9.17, 15) is 13.2 Å². The first-order valence-corrected chi connectivity index (χ1v) is 4.78. The zero-order valence-corrected chi connectivity index (χ0v) is 9.17. The smallest absolute Gasteiger partial charge is 0.350 e. The van der Waals surface area contributed by atoms with E-state index < -0.39 is 12.7 Å². The minimum absolute atomic E-state index is 0.171. The highest BCUT2D eigenvalue weighted by molar-refractivity contribution is 5.47. The lowest BCUT2D eigenvalue weighted by Crippen LogP contribution is -2.32. The maximum atomic E-state index is 12.2. The molecule has 1 rings (SSSR count). The Bertz CT molecular complexity index is 363. The summed E-state index contributed by atoms with van der Waals surface area (Å²) in [7, 11) is 1.36. The van der Waals surface area contributed by atoms with Crippen molar-refractivity contribution >= 4 is 5.82 Å². The van der Waals surface area contributed by atoms with Crippen LogP contribution in [0.15, 0.2) is 12.1 Å². The van der Waals surface area contributed by atoms with Crippen LogP contribution >= 0.6 is 0 Å². The van der Waals surface area contributed by atoms with Crippen LogP contribution in [0.2, 0.25) is 0 Å². The Morgan fingerprint density at radius 2 is 2.00 bits per heavy atom. The van der Waals surface area contributed by atoms with Gasteiger partial charge in [0.1, 0.15) is 12.4 Å². The molecule has 0 aliphatic heterocycles. The van der Waals surface area contributed by atoms with Gasteiger partial charge in [0.05, 0.1) is 0 Å². The van der Waals surface area contributed by atoms with Crippen molar-refractivity contribution in [2.75, 3.05) is 18.5 Å². The molecule has 0 unspecified atom stereocenters. The molecule has 90 valence electrons. The molecule has 0 atom stereocenters. The lowest BCUT2D eigenvalue weighted by atomic mass is 10.2. The summed E-state index contributed by atoms with van der Waals surface area (Å²) >= 11 is 0. The fraction of sp³-hybridized carbons (Fsp3) is 0.500. The molecule has 0 fully saturated rings. The summed E-state index contributed by atoms with van der Waals surface area (Å²) < 4.78 is 36.7. The van der Waals surface area contributed by atoms with Gasteiger partial charge in [0.15, 0.2) is 0 Å². The Labute approximate surface area is 92.1 Å². The van der Waals surface area contributed by atoms with E-state index in [1.54, 1.807) is 19.1 Å². The average Bonchev–Trinajstić information content (AvgIpc) is 2.15. The SMILES string of the molecule is Cc1ccc(CN)c(N(C)CC(F)(F)F)n1. The fourth-order valence-electron chi connectivity index (χ4n) is 1.41. The number of hydrogen-bond acceptors (Lipinski definition) is 3. The van der Waals surface area contributed by atoms with Gasteiger partial charge in [-0.25, -0.2) is 4.98 Å². The zero-order valence-electron chi connectivity index (χ0n) is 9.17. The molecule has 1 heterocycles. The summed E-state index contributed by atoms with van der Waals surface area (Å²) in [6.07, 6.45) is -4.24. The van der Waals surface area contributed by atoms with E-state index in [1.807, 2.05) is 0 Å². The molecule has 0 aliphatic carbocycles. The molecule has 0 radical (unpaired) electrons. The van der Waals surface area contributed by atoms with Crippen molar-refractivity contribution in [3.05, 3.63) is 23.4 Å². The lowest BCUT2D eigenvalue weighted by molar-refractivity contribution is -0.119. The first kappa shape index (κ1) is 12.8. The summed E-state index contributed by atoms with van der Waals surface area (Å²) in [4.78, 5) is 5.14. The van der Waals surface area contributed by atoms with Crippen LogP contribution in [0.3, 0.4) is 0 Å². The number of rotatable bonds is 3. The monoisotopic (exact) mass is 233 g/mol. The number of nitrogens with zero attached hydrogens (tertiary/aromatic N) is 2. The molecule has 1 aromatic heterocycles. The molecule has 0 spiro atoms. The number of anilines is 1. The van der Waals surface area contributed by atoms with Gasteiger partial charge in [0.2, 0.25) is 0 Å². The van der Waals surface area contributed by atoms with Gasteiger partial charge in [-0.1, -0.05) is 6.07 Å². The molecule has 0 saturated carbocycles. The van der Waals surface area contributed by atoms with Crippen LogP contribution in [0, 0.1) is 6.92 Å². The maximum Gasteiger partial charge on any atom is 0.405 e. The Kier molecular flexibility index (Phi) is 3.74. The molecule has 6 heteroatoms. The van der Waals surface area contributed by atoms with Crippen LogP contribution in [-0.4, -0.2) is 24.8 Å². The Morgan fingerprint density at radius 3 is 2.50 bits per heavy atom. The summed E-state index contributed by atoms with van der Waals surface area (Å²) in [5.41, 5.74) is 6.73. The molecule has 0 bridgehead atoms. The second-order valence-electron chi connectivity index (χ2n) is 3.61. The minimum atomic E-state index is -4.24. The number of hydrogen-bond donors (Lipinski definition) is 1. The van der Waals surface area contributed by atoms with E-state index in [1.165, 1.54) is 7.05 Å². The first-order valence-electron chi connectivity index (χ1n) is 4.78. The lowest BCUT2D eigenvalue weighted by Gasteiger charge is -2.22. The van der Waals surface area contributed by atoms with Gasteiger partial charge in [-0.3, -0.25) is 0 Å². The number of nitrogens with two attached hydrogens (primary N) is 1. The van der Waals surface area contributed by atoms with Crippen LogP contribution in [0.1, 0.15) is 11.3 Å². The van der Waals surface area contributed by atoms with Crippen LogP contribution in [0.5, 0.6) is 0 Å². The van der Waals surface area contributed by atoms with Gasteiger partial charge in [-0.05, 0) is 13.0 Å². The second-order valence-corrected chi connectivity index (χ2v) is 3.61. The Balaban J connectivity index is 2.97. The summed E-state index contributed by atoms with van der Waals surface area (Å²) in [6.45, 7) is 0.868. The van der Waals surface area contributed by atoms with Crippen molar-refractivity contribution in [3.8, 4) is 0 Å². The van der Waals surface area contributed by atoms with Crippen molar-refractivity contribution < 1.29 is 13.2 Å². The number of aryl methyl sites for hydroxylation is 1. The van der Waals surface area contributed by atoms with Crippen LogP contribution < -0.4 is 10.6 Å². The maximum absolute atomic E-state index is 12.2. The second kappa shape index (κ2) is 4.69. The summed E-state index contributed by atoms with van der Waals surface area (Å²) in [6, 6.07) is 3.43. The van der Waals surface area contributed by atoms with E-state index in [2.05, 4.69) is 4.98 Å². The predicted octanol–water partition coefficient (Wildman–Crippen LogP) is 1.85. The van der Waals surface area contributed by atoms with Crippen LogP contribution in [0.25, 0.3) is 0 Å². The standard InChI is InChI=1S/C10H14F3N3/c1-7-3-4-8(5-14)9(15-7)16(2)6-10(11,12)13/h3-4H,5-6,14H2,1-2H3. The molecular formula is C10H14F3N3. The zero-order chi connectivity index (χ0) is 12.3. The highest BCUT2D eigenvalue weighted by Crippen LogP contribution is 2.22. The van der Waals surface area contributed by atoms with Crippen LogP contribution in [0.4, 0.5) is 19.0 Å². The molecular weight excluding hydrogens is 219 g/mol. The fourth-order valence-corrected chi connectivity index (χ4v) is 1.41. The summed E-state index contributed by atoms with van der Waals surface area (Å²) in [5.74, 6) is 0.292. The number of pyridine rings is 1. The van der Waals surface area contributed by atoms with Crippen molar-refractivity contribution in [3.63, 3.8) is 0 Å². The van der Waals surface area contributed by atoms with Crippen molar-refractivity contribution in [1.29, 1.82) is 0 Å². The largest absolute Gasteiger partial charge is 0.405 e. The van der Waals surface area contributed by atoms with Gasteiger partial charge in [-0.2, -0.15) is 13.2 Å². The molecule has 0 amide bonds. The van der Waals surface area contributed by atoms with E-state index >= 15 is 0 Å². The third-order valence-electron chi connectivity index (χ3n) is 2.09. The van der Waals surface area contributed by atoms with Gasteiger partial charge in [0, 0.05) is 24.8 Å². The van der Waals surface area contributed by atoms with Gasteiger partial charge in [0.25, 0.3) is 0 Å². The average molecular weight is 233 g/mol. The van der Waals surface area contributed by atoms with Crippen molar-refractivity contribution in [1.82, 2.24) is 4.98 Å². The molecule has 1 aromatic rings. The third kappa shape index (κ3) is 3.37. The Hall–Kier alpha value is -1.30. The van der Waals surface area contributed by atoms with E-state index in [0.29, 0.717) is 17.1 Å². The quantitative estimate of drug-likeness (QED) is 0.866. The Morgan fingerprint density at radius 1 is 1.38 bits per heavy atom. The molecule has 16 heavy (non-hydrogen) atoms. The number of alkyl halides is 3. The number of halogens is 3. The van der Waals surface area contributed by atoms with Gasteiger partial charge in [-0.15, -0.1) is 0 Å². The molecule has 0 saturated heterocycles. The topological polar surface area (TPSA) is 42.1 Å². The third-order valence-corrected chi connectivity index (χ3v) is 2.09. The van der Waals surface area contributed by atoms with Gasteiger partial charge < -0.3 is 10.6 Å². The predicted molar refractivity (Wildman–Crippen MR) is 56.2 cm³/mol. The van der Waals surface area contributed by atoms with Crippen molar-refractivity contribution in [2.45, 2.75) is 19.6 Å². The minimum Gasteiger partial charge on any atom is -0.350 e. The molecule has 3 nitrogen and oxygen atoms in total. The van der Waals surface area contributed by atoms with E-state index in [4.69, 9.17) is 5.73 Å². The van der Waals surface area contributed by atoms with Crippen LogP contribution in [-0.2, 0) is 6.54 Å². The highest BCUT2D eigenvalue weighted by atomic mass is 19.4. The normalized spacial score (nSPS) is 11.6. The number of aromatic nitrogens is 1. The molecule has 2 N–H and O–H groups in total. The highest BCUT2D eigenvalue weighted by Gasteiger charge is 2.30.